The predicted octanol–water partition coefficient (Wildman–Crippen LogP) is 3.40. The second kappa shape index (κ2) is 6.30. The van der Waals surface area contributed by atoms with Crippen LogP contribution in [0.25, 0.3) is 0 Å². The minimum absolute atomic E-state index is 0.133. The lowest BCUT2D eigenvalue weighted by molar-refractivity contribution is -0.385. The molecule has 0 saturated carbocycles. The summed E-state index contributed by atoms with van der Waals surface area (Å²) < 4.78 is 0. The van der Waals surface area contributed by atoms with Crippen molar-refractivity contribution in [3.8, 4) is 0 Å². The first-order valence-electron chi connectivity index (χ1n) is 6.68. The fraction of sp³-hybridized carbons (Fsp3) is 0.250. The van der Waals surface area contributed by atoms with Crippen molar-refractivity contribution >= 4 is 5.69 Å². The summed E-state index contributed by atoms with van der Waals surface area (Å²) in [5.41, 5.74) is 9.22. The summed E-state index contributed by atoms with van der Waals surface area (Å²) in [5, 5.41) is 11.0. The minimum Gasteiger partial charge on any atom is -0.324 e. The molecule has 4 heteroatoms. The highest BCUT2D eigenvalue weighted by molar-refractivity contribution is 5.41. The van der Waals surface area contributed by atoms with E-state index in [1.54, 1.807) is 18.2 Å². The van der Waals surface area contributed by atoms with Gasteiger partial charge in [0, 0.05) is 17.7 Å². The molecule has 0 amide bonds. The van der Waals surface area contributed by atoms with Crippen molar-refractivity contribution < 1.29 is 4.92 Å². The number of nitrogens with two attached hydrogens (primary N) is 1. The first kappa shape index (κ1) is 14.2. The molecular weight excluding hydrogens is 252 g/mol. The minimum atomic E-state index is -0.359. The number of aryl methyl sites for hydroxylation is 1. The summed E-state index contributed by atoms with van der Waals surface area (Å²) in [6.45, 7) is 2.10. The molecule has 2 aromatic carbocycles. The van der Waals surface area contributed by atoms with Gasteiger partial charge in [-0.3, -0.25) is 10.1 Å². The van der Waals surface area contributed by atoms with Crippen LogP contribution in [0.2, 0.25) is 0 Å². The monoisotopic (exact) mass is 270 g/mol. The number of para-hydroxylation sites is 1. The van der Waals surface area contributed by atoms with E-state index in [2.05, 4.69) is 19.1 Å². The van der Waals surface area contributed by atoms with E-state index in [9.17, 15) is 10.1 Å². The molecule has 0 aliphatic heterocycles. The van der Waals surface area contributed by atoms with Crippen LogP contribution in [-0.2, 0) is 12.8 Å². The molecule has 2 rings (SSSR count). The molecular formula is C16H18N2O2. The predicted molar refractivity (Wildman–Crippen MR) is 79.5 cm³/mol. The van der Waals surface area contributed by atoms with Crippen molar-refractivity contribution in [2.75, 3.05) is 0 Å². The molecule has 20 heavy (non-hydrogen) atoms. The van der Waals surface area contributed by atoms with Gasteiger partial charge < -0.3 is 5.73 Å². The van der Waals surface area contributed by atoms with E-state index in [0.29, 0.717) is 12.0 Å². The van der Waals surface area contributed by atoms with Crippen molar-refractivity contribution in [2.45, 2.75) is 25.8 Å². The zero-order chi connectivity index (χ0) is 14.5. The van der Waals surface area contributed by atoms with Crippen LogP contribution in [0.3, 0.4) is 0 Å². The fourth-order valence-corrected chi connectivity index (χ4v) is 2.22. The van der Waals surface area contributed by atoms with Gasteiger partial charge >= 0.3 is 0 Å². The summed E-state index contributed by atoms with van der Waals surface area (Å²) in [7, 11) is 0. The van der Waals surface area contributed by atoms with Crippen LogP contribution in [0.5, 0.6) is 0 Å². The summed E-state index contributed by atoms with van der Waals surface area (Å²) in [6, 6.07) is 14.6. The van der Waals surface area contributed by atoms with E-state index in [4.69, 9.17) is 5.73 Å². The Kier molecular flexibility index (Phi) is 4.48. The molecule has 0 aromatic heterocycles. The van der Waals surface area contributed by atoms with Crippen molar-refractivity contribution in [2.24, 2.45) is 5.73 Å². The summed E-state index contributed by atoms with van der Waals surface area (Å²) in [6.07, 6.45) is 1.45. The summed E-state index contributed by atoms with van der Waals surface area (Å²) in [5.74, 6) is 0. The van der Waals surface area contributed by atoms with Crippen LogP contribution in [0.1, 0.15) is 29.7 Å². The molecule has 0 aliphatic rings. The largest absolute Gasteiger partial charge is 0.324 e. The van der Waals surface area contributed by atoms with E-state index in [-0.39, 0.29) is 16.7 Å². The Labute approximate surface area is 118 Å². The molecule has 4 nitrogen and oxygen atoms in total. The molecule has 0 fully saturated rings. The van der Waals surface area contributed by atoms with E-state index >= 15 is 0 Å². The Hall–Kier alpha value is -2.20. The number of hydrogen-bond acceptors (Lipinski definition) is 3. The molecule has 0 bridgehead atoms. The SMILES string of the molecule is CCc1ccc(C(N)Cc2ccccc2[N+](=O)[O-])cc1. The Morgan fingerprint density at radius 1 is 1.15 bits per heavy atom. The lowest BCUT2D eigenvalue weighted by Crippen LogP contribution is -2.14. The van der Waals surface area contributed by atoms with Crippen LogP contribution in [-0.4, -0.2) is 4.92 Å². The Morgan fingerprint density at radius 2 is 1.80 bits per heavy atom. The zero-order valence-electron chi connectivity index (χ0n) is 11.5. The van der Waals surface area contributed by atoms with Gasteiger partial charge in [-0.15, -0.1) is 0 Å². The lowest BCUT2D eigenvalue weighted by atomic mass is 9.97. The first-order chi connectivity index (χ1) is 9.61. The lowest BCUT2D eigenvalue weighted by Gasteiger charge is -2.13. The number of benzene rings is 2. The second-order valence-corrected chi connectivity index (χ2v) is 4.79. The van der Waals surface area contributed by atoms with Gasteiger partial charge in [0.1, 0.15) is 0 Å². The molecule has 2 aromatic rings. The molecule has 1 unspecified atom stereocenters. The Balaban J connectivity index is 2.18. The van der Waals surface area contributed by atoms with Gasteiger partial charge in [0.2, 0.25) is 0 Å². The standard InChI is InChI=1S/C16H18N2O2/c1-2-12-7-9-13(10-8-12)15(17)11-14-5-3-4-6-16(14)18(19)20/h3-10,15H,2,11,17H2,1H3. The molecule has 0 saturated heterocycles. The topological polar surface area (TPSA) is 69.2 Å². The smallest absolute Gasteiger partial charge is 0.272 e. The number of nitro benzene ring substituents is 1. The number of rotatable bonds is 5. The second-order valence-electron chi connectivity index (χ2n) is 4.79. The highest BCUT2D eigenvalue weighted by Crippen LogP contribution is 2.23. The maximum atomic E-state index is 11.0. The zero-order valence-corrected chi connectivity index (χ0v) is 11.5. The third kappa shape index (κ3) is 3.22. The average molecular weight is 270 g/mol. The van der Waals surface area contributed by atoms with E-state index in [1.165, 1.54) is 11.6 Å². The molecule has 0 aliphatic carbocycles. The maximum absolute atomic E-state index is 11.0. The van der Waals surface area contributed by atoms with Crippen LogP contribution < -0.4 is 5.73 Å². The van der Waals surface area contributed by atoms with Gasteiger partial charge in [-0.05, 0) is 24.0 Å². The van der Waals surface area contributed by atoms with Gasteiger partial charge in [-0.25, -0.2) is 0 Å². The summed E-state index contributed by atoms with van der Waals surface area (Å²) in [4.78, 5) is 10.6. The molecule has 0 heterocycles. The molecule has 2 N–H and O–H groups in total. The van der Waals surface area contributed by atoms with Gasteiger partial charge in [0.15, 0.2) is 0 Å². The number of nitro groups is 1. The molecule has 1 atom stereocenters. The van der Waals surface area contributed by atoms with Gasteiger partial charge in [-0.2, -0.15) is 0 Å². The van der Waals surface area contributed by atoms with E-state index in [1.807, 2.05) is 12.1 Å². The highest BCUT2D eigenvalue weighted by Gasteiger charge is 2.16. The molecule has 0 radical (unpaired) electrons. The summed E-state index contributed by atoms with van der Waals surface area (Å²) >= 11 is 0. The number of nitrogens with zero attached hydrogens (tertiary/aromatic N) is 1. The van der Waals surface area contributed by atoms with Gasteiger partial charge in [0.25, 0.3) is 5.69 Å². The quantitative estimate of drug-likeness (QED) is 0.668. The average Bonchev–Trinajstić information content (AvgIpc) is 2.47. The molecule has 104 valence electrons. The van der Waals surface area contributed by atoms with Crippen molar-refractivity contribution in [3.05, 3.63) is 75.3 Å². The van der Waals surface area contributed by atoms with Gasteiger partial charge in [-0.1, -0.05) is 49.4 Å². The van der Waals surface area contributed by atoms with Crippen LogP contribution in [0.15, 0.2) is 48.5 Å². The van der Waals surface area contributed by atoms with Crippen LogP contribution in [0.4, 0.5) is 5.69 Å². The van der Waals surface area contributed by atoms with E-state index in [0.717, 1.165) is 12.0 Å². The van der Waals surface area contributed by atoms with E-state index < -0.39 is 0 Å². The van der Waals surface area contributed by atoms with Crippen LogP contribution in [0, 0.1) is 10.1 Å². The Morgan fingerprint density at radius 3 is 2.40 bits per heavy atom. The third-order valence-electron chi connectivity index (χ3n) is 3.44. The van der Waals surface area contributed by atoms with Crippen molar-refractivity contribution in [3.63, 3.8) is 0 Å². The van der Waals surface area contributed by atoms with Crippen molar-refractivity contribution in [1.29, 1.82) is 0 Å². The first-order valence-corrected chi connectivity index (χ1v) is 6.68. The fourth-order valence-electron chi connectivity index (χ4n) is 2.22. The van der Waals surface area contributed by atoms with Crippen LogP contribution >= 0.6 is 0 Å². The maximum Gasteiger partial charge on any atom is 0.272 e. The normalized spacial score (nSPS) is 12.1. The van der Waals surface area contributed by atoms with Crippen molar-refractivity contribution in [1.82, 2.24) is 0 Å². The molecule has 0 spiro atoms. The number of hydrogen-bond donors (Lipinski definition) is 1. The third-order valence-corrected chi connectivity index (χ3v) is 3.44. The van der Waals surface area contributed by atoms with Gasteiger partial charge in [0.05, 0.1) is 4.92 Å². The Bertz CT molecular complexity index is 594. The highest BCUT2D eigenvalue weighted by atomic mass is 16.6.